The van der Waals surface area contributed by atoms with Crippen molar-refractivity contribution in [2.24, 2.45) is 5.92 Å². The smallest absolute Gasteiger partial charge is 0.306 e. The molecule has 0 spiro atoms. The van der Waals surface area contributed by atoms with Crippen LogP contribution in [0.25, 0.3) is 0 Å². The summed E-state index contributed by atoms with van der Waals surface area (Å²) in [6.07, 6.45) is 6.45. The Bertz CT molecular complexity index is 165. The summed E-state index contributed by atoms with van der Waals surface area (Å²) in [7, 11) is 0. The molecule has 0 bridgehead atoms. The summed E-state index contributed by atoms with van der Waals surface area (Å²) in [5.74, 6) is 0.552. The second kappa shape index (κ2) is 5.25. The summed E-state index contributed by atoms with van der Waals surface area (Å²) in [6, 6.07) is 0. The highest BCUT2D eigenvalue weighted by Gasteiger charge is 2.24. The monoisotopic (exact) mass is 184 g/mol. The van der Waals surface area contributed by atoms with Crippen LogP contribution in [0.5, 0.6) is 0 Å². The maximum absolute atomic E-state index is 11.2. The van der Waals surface area contributed by atoms with Gasteiger partial charge in [-0.3, -0.25) is 4.79 Å². The molecule has 2 heteroatoms. The number of rotatable bonds is 3. The Labute approximate surface area is 80.7 Å². The predicted molar refractivity (Wildman–Crippen MR) is 52.4 cm³/mol. The summed E-state index contributed by atoms with van der Waals surface area (Å²) >= 11 is 0. The molecule has 1 aliphatic carbocycles. The third-order valence-electron chi connectivity index (χ3n) is 2.77. The molecule has 0 aromatic heterocycles. The van der Waals surface area contributed by atoms with Gasteiger partial charge in [-0.05, 0) is 31.6 Å². The number of esters is 1. The van der Waals surface area contributed by atoms with E-state index >= 15 is 0 Å². The van der Waals surface area contributed by atoms with Crippen molar-refractivity contribution in [3.8, 4) is 0 Å². The Balaban J connectivity index is 2.29. The topological polar surface area (TPSA) is 26.3 Å². The highest BCUT2D eigenvalue weighted by molar-refractivity contribution is 5.69. The Morgan fingerprint density at radius 3 is 2.69 bits per heavy atom. The van der Waals surface area contributed by atoms with Crippen LogP contribution >= 0.6 is 0 Å². The average Bonchev–Trinajstić information content (AvgIpc) is 2.09. The van der Waals surface area contributed by atoms with Gasteiger partial charge in [-0.25, -0.2) is 0 Å². The van der Waals surface area contributed by atoms with E-state index in [0.29, 0.717) is 12.3 Å². The maximum atomic E-state index is 11.2. The second-order valence-electron chi connectivity index (χ2n) is 4.04. The molecule has 1 aliphatic rings. The van der Waals surface area contributed by atoms with Crippen LogP contribution < -0.4 is 0 Å². The lowest BCUT2D eigenvalue weighted by Gasteiger charge is -2.28. The highest BCUT2D eigenvalue weighted by atomic mass is 16.5. The highest BCUT2D eigenvalue weighted by Crippen LogP contribution is 2.26. The molecule has 0 amide bonds. The van der Waals surface area contributed by atoms with Gasteiger partial charge in [0.25, 0.3) is 0 Å². The number of hydrogen-bond acceptors (Lipinski definition) is 2. The second-order valence-corrected chi connectivity index (χ2v) is 4.04. The van der Waals surface area contributed by atoms with Gasteiger partial charge in [0, 0.05) is 6.42 Å². The van der Waals surface area contributed by atoms with Gasteiger partial charge in [-0.2, -0.15) is 0 Å². The zero-order chi connectivity index (χ0) is 9.68. The van der Waals surface area contributed by atoms with E-state index in [0.717, 1.165) is 12.8 Å². The Morgan fingerprint density at radius 1 is 1.38 bits per heavy atom. The summed E-state index contributed by atoms with van der Waals surface area (Å²) in [6.45, 7) is 4.19. The largest absolute Gasteiger partial charge is 0.462 e. The molecule has 2 nitrogen and oxygen atoms in total. The van der Waals surface area contributed by atoms with Crippen molar-refractivity contribution in [2.75, 3.05) is 0 Å². The van der Waals surface area contributed by atoms with Crippen LogP contribution in [0.4, 0.5) is 0 Å². The van der Waals surface area contributed by atoms with E-state index < -0.39 is 0 Å². The average molecular weight is 184 g/mol. The molecule has 0 aromatic rings. The van der Waals surface area contributed by atoms with Crippen LogP contribution in [0.15, 0.2) is 0 Å². The minimum Gasteiger partial charge on any atom is -0.462 e. The molecule has 0 saturated heterocycles. The lowest BCUT2D eigenvalue weighted by Crippen LogP contribution is -2.28. The lowest BCUT2D eigenvalue weighted by molar-refractivity contribution is -0.153. The van der Waals surface area contributed by atoms with Crippen molar-refractivity contribution in [3.05, 3.63) is 0 Å². The molecule has 0 aliphatic heterocycles. The molecule has 76 valence electrons. The third kappa shape index (κ3) is 3.37. The maximum Gasteiger partial charge on any atom is 0.306 e. The van der Waals surface area contributed by atoms with E-state index in [-0.39, 0.29) is 12.1 Å². The molecule has 1 fully saturated rings. The van der Waals surface area contributed by atoms with Gasteiger partial charge in [-0.1, -0.05) is 20.3 Å². The van der Waals surface area contributed by atoms with E-state index in [1.165, 1.54) is 19.3 Å². The quantitative estimate of drug-likeness (QED) is 0.630. The van der Waals surface area contributed by atoms with Crippen molar-refractivity contribution >= 4 is 5.97 Å². The first kappa shape index (κ1) is 10.6. The molecule has 0 N–H and O–H groups in total. The van der Waals surface area contributed by atoms with Crippen molar-refractivity contribution in [1.82, 2.24) is 0 Å². The van der Waals surface area contributed by atoms with Gasteiger partial charge in [-0.15, -0.1) is 0 Å². The van der Waals surface area contributed by atoms with Gasteiger partial charge in [0.05, 0.1) is 0 Å². The number of carbonyl (C=O) groups excluding carboxylic acids is 1. The SMILES string of the molecule is CCCC(=O)OC1CCCCC1C. The molecule has 0 radical (unpaired) electrons. The van der Waals surface area contributed by atoms with Crippen molar-refractivity contribution in [1.29, 1.82) is 0 Å². The van der Waals surface area contributed by atoms with Crippen LogP contribution in [-0.2, 0) is 9.53 Å². The van der Waals surface area contributed by atoms with Gasteiger partial charge < -0.3 is 4.74 Å². The van der Waals surface area contributed by atoms with Crippen LogP contribution in [-0.4, -0.2) is 12.1 Å². The van der Waals surface area contributed by atoms with E-state index in [1.807, 2.05) is 6.92 Å². The summed E-state index contributed by atoms with van der Waals surface area (Å²) in [5, 5.41) is 0. The minimum atomic E-state index is -0.0127. The molecule has 1 rings (SSSR count). The first-order valence-corrected chi connectivity index (χ1v) is 5.43. The molecule has 2 unspecified atom stereocenters. The normalized spacial score (nSPS) is 28.5. The molecule has 13 heavy (non-hydrogen) atoms. The molecule has 0 heterocycles. The fourth-order valence-corrected chi connectivity index (χ4v) is 1.89. The Kier molecular flexibility index (Phi) is 4.26. The first-order chi connectivity index (χ1) is 6.24. The van der Waals surface area contributed by atoms with Crippen LogP contribution in [0, 0.1) is 5.92 Å². The van der Waals surface area contributed by atoms with Crippen molar-refractivity contribution < 1.29 is 9.53 Å². The minimum absolute atomic E-state index is 0.0127. The van der Waals surface area contributed by atoms with Gasteiger partial charge in [0.15, 0.2) is 0 Å². The van der Waals surface area contributed by atoms with Crippen molar-refractivity contribution in [2.45, 2.75) is 58.5 Å². The van der Waals surface area contributed by atoms with E-state index in [2.05, 4.69) is 6.92 Å². The first-order valence-electron chi connectivity index (χ1n) is 5.43. The van der Waals surface area contributed by atoms with E-state index in [1.54, 1.807) is 0 Å². The third-order valence-corrected chi connectivity index (χ3v) is 2.77. The van der Waals surface area contributed by atoms with Crippen LogP contribution in [0.3, 0.4) is 0 Å². The van der Waals surface area contributed by atoms with Gasteiger partial charge in [0.1, 0.15) is 6.10 Å². The van der Waals surface area contributed by atoms with E-state index in [9.17, 15) is 4.79 Å². The number of ether oxygens (including phenoxy) is 1. The molecular formula is C11H20O2. The van der Waals surface area contributed by atoms with Crippen LogP contribution in [0.2, 0.25) is 0 Å². The Hall–Kier alpha value is -0.530. The fourth-order valence-electron chi connectivity index (χ4n) is 1.89. The molecular weight excluding hydrogens is 164 g/mol. The number of hydrogen-bond donors (Lipinski definition) is 0. The number of carbonyl (C=O) groups is 1. The zero-order valence-corrected chi connectivity index (χ0v) is 8.71. The summed E-state index contributed by atoms with van der Waals surface area (Å²) < 4.78 is 5.41. The lowest BCUT2D eigenvalue weighted by atomic mass is 9.88. The zero-order valence-electron chi connectivity index (χ0n) is 8.71. The standard InChI is InChI=1S/C11H20O2/c1-3-6-11(12)13-10-8-5-4-7-9(10)2/h9-10H,3-8H2,1-2H3. The van der Waals surface area contributed by atoms with Crippen LogP contribution in [0.1, 0.15) is 52.4 Å². The van der Waals surface area contributed by atoms with E-state index in [4.69, 9.17) is 4.74 Å². The fraction of sp³-hybridized carbons (Fsp3) is 0.909. The van der Waals surface area contributed by atoms with Gasteiger partial charge in [0.2, 0.25) is 0 Å². The predicted octanol–water partition coefficient (Wildman–Crippen LogP) is 2.91. The van der Waals surface area contributed by atoms with Crippen molar-refractivity contribution in [3.63, 3.8) is 0 Å². The summed E-state index contributed by atoms with van der Waals surface area (Å²) in [4.78, 5) is 11.2. The Morgan fingerprint density at radius 2 is 2.08 bits per heavy atom. The summed E-state index contributed by atoms with van der Waals surface area (Å²) in [5.41, 5.74) is 0. The van der Waals surface area contributed by atoms with Gasteiger partial charge >= 0.3 is 5.97 Å². The molecule has 0 aromatic carbocycles. The molecule has 1 saturated carbocycles. The molecule has 2 atom stereocenters.